The van der Waals surface area contributed by atoms with Crippen molar-refractivity contribution < 1.29 is 9.21 Å². The lowest BCUT2D eigenvalue weighted by Gasteiger charge is -2.06. The molecule has 2 heterocycles. The summed E-state index contributed by atoms with van der Waals surface area (Å²) in [5.74, 6) is 5.29. The number of aromatic nitrogens is 1. The van der Waals surface area contributed by atoms with Crippen molar-refractivity contribution in [1.82, 2.24) is 10.3 Å². The quantitative estimate of drug-likeness (QED) is 0.443. The van der Waals surface area contributed by atoms with E-state index in [0.717, 1.165) is 5.56 Å². The molecule has 1 amide bonds. The minimum absolute atomic E-state index is 0.193. The molecule has 0 aliphatic rings. The van der Waals surface area contributed by atoms with Crippen LogP contribution in [-0.4, -0.2) is 10.9 Å². The van der Waals surface area contributed by atoms with Crippen LogP contribution in [0.2, 0.25) is 5.15 Å². The first-order valence-electron chi connectivity index (χ1n) is 5.12. The van der Waals surface area contributed by atoms with E-state index >= 15 is 0 Å². The van der Waals surface area contributed by atoms with Gasteiger partial charge in [-0.25, -0.2) is 10.8 Å². The van der Waals surface area contributed by atoms with Crippen molar-refractivity contribution in [2.75, 3.05) is 5.43 Å². The summed E-state index contributed by atoms with van der Waals surface area (Å²) in [5.41, 5.74) is 3.60. The number of anilines is 1. The zero-order valence-corrected chi connectivity index (χ0v) is 10.1. The third-order valence-electron chi connectivity index (χ3n) is 2.24. The van der Waals surface area contributed by atoms with Crippen LogP contribution in [0, 0.1) is 0 Å². The van der Waals surface area contributed by atoms with Crippen LogP contribution in [0.3, 0.4) is 0 Å². The van der Waals surface area contributed by atoms with Crippen LogP contribution >= 0.6 is 11.6 Å². The molecule has 0 bridgehead atoms. The fraction of sp³-hybridized carbons (Fsp3) is 0.0909. The summed E-state index contributed by atoms with van der Waals surface area (Å²) in [5, 5.41) is 2.92. The topological polar surface area (TPSA) is 93.2 Å². The molecule has 0 aliphatic carbocycles. The van der Waals surface area contributed by atoms with Gasteiger partial charge in [0.05, 0.1) is 12.5 Å². The van der Waals surface area contributed by atoms with Gasteiger partial charge >= 0.3 is 0 Å². The Hall–Kier alpha value is -2.05. The van der Waals surface area contributed by atoms with Crippen LogP contribution < -0.4 is 16.6 Å². The monoisotopic (exact) mass is 266 g/mol. The van der Waals surface area contributed by atoms with Gasteiger partial charge in [-0.1, -0.05) is 11.6 Å². The average Bonchev–Trinajstić information content (AvgIpc) is 2.88. The van der Waals surface area contributed by atoms with Crippen molar-refractivity contribution in [3.8, 4) is 0 Å². The molecule has 0 aliphatic heterocycles. The molecule has 0 atom stereocenters. The second kappa shape index (κ2) is 5.52. The lowest BCUT2D eigenvalue weighted by Crippen LogP contribution is -2.23. The first-order chi connectivity index (χ1) is 8.69. The number of pyridine rings is 1. The molecule has 4 N–H and O–H groups in total. The molecule has 0 saturated heterocycles. The highest BCUT2D eigenvalue weighted by Gasteiger charge is 2.09. The van der Waals surface area contributed by atoms with Gasteiger partial charge in [-0.15, -0.1) is 0 Å². The number of amides is 1. The number of nitrogens with zero attached hydrogens (tertiary/aromatic N) is 1. The molecular weight excluding hydrogens is 256 g/mol. The Bertz CT molecular complexity index is 542. The Morgan fingerprint density at radius 1 is 1.50 bits per heavy atom. The number of nitrogens with two attached hydrogens (primary N) is 1. The first kappa shape index (κ1) is 12.4. The minimum atomic E-state index is -0.267. The van der Waals surface area contributed by atoms with Crippen LogP contribution in [0.1, 0.15) is 15.9 Å². The molecule has 0 unspecified atom stereocenters. The third kappa shape index (κ3) is 2.99. The summed E-state index contributed by atoms with van der Waals surface area (Å²) >= 11 is 5.77. The second-order valence-corrected chi connectivity index (χ2v) is 3.91. The number of nitrogens with one attached hydrogen (secondary N) is 2. The molecule has 6 nitrogen and oxygen atoms in total. The Morgan fingerprint density at radius 2 is 2.33 bits per heavy atom. The Kier molecular flexibility index (Phi) is 3.81. The van der Waals surface area contributed by atoms with Crippen LogP contribution in [0.15, 0.2) is 35.1 Å². The molecule has 18 heavy (non-hydrogen) atoms. The minimum Gasteiger partial charge on any atom is -0.472 e. The number of hydrogen-bond donors (Lipinski definition) is 3. The summed E-state index contributed by atoms with van der Waals surface area (Å²) in [7, 11) is 0. The number of carbonyl (C=O) groups is 1. The number of hydrogen-bond acceptors (Lipinski definition) is 5. The van der Waals surface area contributed by atoms with Gasteiger partial charge < -0.3 is 15.2 Å². The van der Waals surface area contributed by atoms with Gasteiger partial charge in [0.15, 0.2) is 0 Å². The van der Waals surface area contributed by atoms with Gasteiger partial charge in [-0.3, -0.25) is 4.79 Å². The molecule has 0 saturated carbocycles. The maximum Gasteiger partial charge on any atom is 0.251 e. The predicted octanol–water partition coefficient (Wildman–Crippen LogP) is 1.54. The maximum absolute atomic E-state index is 11.9. The summed E-state index contributed by atoms with van der Waals surface area (Å²) in [4.78, 5) is 15.7. The largest absolute Gasteiger partial charge is 0.472 e. The highest BCUT2D eigenvalue weighted by molar-refractivity contribution is 6.29. The number of halogens is 1. The maximum atomic E-state index is 11.9. The smallest absolute Gasteiger partial charge is 0.251 e. The van der Waals surface area contributed by atoms with Crippen molar-refractivity contribution in [1.29, 1.82) is 0 Å². The molecule has 0 fully saturated rings. The van der Waals surface area contributed by atoms with Gasteiger partial charge in [-0.2, -0.15) is 0 Å². The Labute approximate surface area is 108 Å². The Morgan fingerprint density at radius 3 is 3.00 bits per heavy atom. The molecule has 2 aromatic heterocycles. The van der Waals surface area contributed by atoms with Crippen molar-refractivity contribution in [2.24, 2.45) is 5.84 Å². The lowest BCUT2D eigenvalue weighted by molar-refractivity contribution is 0.0951. The number of nitrogen functional groups attached to an aromatic ring is 1. The van der Waals surface area contributed by atoms with E-state index in [1.165, 1.54) is 12.1 Å². The summed E-state index contributed by atoms with van der Waals surface area (Å²) < 4.78 is 4.90. The molecular formula is C11H11ClN4O2. The van der Waals surface area contributed by atoms with Gasteiger partial charge in [-0.05, 0) is 18.2 Å². The number of hydrazine groups is 1. The molecule has 2 aromatic rings. The van der Waals surface area contributed by atoms with Crippen LogP contribution in [0.25, 0.3) is 0 Å². The highest BCUT2D eigenvalue weighted by atomic mass is 35.5. The molecule has 94 valence electrons. The van der Waals surface area contributed by atoms with E-state index in [1.54, 1.807) is 18.6 Å². The summed E-state index contributed by atoms with van der Waals surface area (Å²) in [6, 6.07) is 4.75. The number of rotatable bonds is 4. The SMILES string of the molecule is NNc1cc(C(=O)NCc2ccoc2)cc(Cl)n1. The number of carbonyl (C=O) groups excluding carboxylic acids is 1. The fourth-order valence-corrected chi connectivity index (χ4v) is 1.59. The number of furan rings is 1. The van der Waals surface area contributed by atoms with E-state index in [0.29, 0.717) is 17.9 Å². The zero-order valence-electron chi connectivity index (χ0n) is 9.31. The summed E-state index contributed by atoms with van der Waals surface area (Å²) in [6.45, 7) is 0.376. The van der Waals surface area contributed by atoms with E-state index in [1.807, 2.05) is 0 Å². The standard InChI is InChI=1S/C11H11ClN4O2/c12-9-3-8(4-10(15-9)16-13)11(17)14-5-7-1-2-18-6-7/h1-4,6H,5,13H2,(H,14,17)(H,15,16). The first-order valence-corrected chi connectivity index (χ1v) is 5.50. The van der Waals surface area contributed by atoms with Gasteiger partial charge in [0.25, 0.3) is 5.91 Å². The normalized spacial score (nSPS) is 10.1. The highest BCUT2D eigenvalue weighted by Crippen LogP contribution is 2.13. The molecule has 7 heteroatoms. The van der Waals surface area contributed by atoms with Gasteiger partial charge in [0.2, 0.25) is 0 Å². The van der Waals surface area contributed by atoms with Crippen LogP contribution in [-0.2, 0) is 6.54 Å². The predicted molar refractivity (Wildman–Crippen MR) is 66.9 cm³/mol. The van der Waals surface area contributed by atoms with Gasteiger partial charge in [0, 0.05) is 17.7 Å². The molecule has 0 radical (unpaired) electrons. The van der Waals surface area contributed by atoms with E-state index in [4.69, 9.17) is 21.9 Å². The average molecular weight is 267 g/mol. The van der Waals surface area contributed by atoms with Crippen molar-refractivity contribution in [3.05, 3.63) is 47.0 Å². The van der Waals surface area contributed by atoms with Crippen LogP contribution in [0.5, 0.6) is 0 Å². The van der Waals surface area contributed by atoms with E-state index in [9.17, 15) is 4.79 Å². The third-order valence-corrected chi connectivity index (χ3v) is 2.43. The van der Waals surface area contributed by atoms with Crippen molar-refractivity contribution >= 4 is 23.3 Å². The molecule has 0 spiro atoms. The molecule has 2 rings (SSSR count). The lowest BCUT2D eigenvalue weighted by atomic mass is 10.2. The van der Waals surface area contributed by atoms with Crippen LogP contribution in [0.4, 0.5) is 5.82 Å². The zero-order chi connectivity index (χ0) is 13.0. The van der Waals surface area contributed by atoms with E-state index < -0.39 is 0 Å². The van der Waals surface area contributed by atoms with Crippen molar-refractivity contribution in [3.63, 3.8) is 0 Å². The van der Waals surface area contributed by atoms with E-state index in [2.05, 4.69) is 15.7 Å². The second-order valence-electron chi connectivity index (χ2n) is 3.52. The fourth-order valence-electron chi connectivity index (χ4n) is 1.38. The van der Waals surface area contributed by atoms with Gasteiger partial charge in [0.1, 0.15) is 11.0 Å². The van der Waals surface area contributed by atoms with E-state index in [-0.39, 0.29) is 11.1 Å². The Balaban J connectivity index is 2.06. The summed E-state index contributed by atoms with van der Waals surface area (Å²) in [6.07, 6.45) is 3.11. The van der Waals surface area contributed by atoms with Crippen molar-refractivity contribution in [2.45, 2.75) is 6.54 Å². The molecule has 0 aromatic carbocycles.